The number of hydrogen-bond acceptors (Lipinski definition) is 11. The molecule has 5 atom stereocenters. The van der Waals surface area contributed by atoms with Gasteiger partial charge in [-0.1, -0.05) is 12.1 Å². The number of cyclic esters (lactones) is 1. The van der Waals surface area contributed by atoms with Crippen molar-refractivity contribution in [3.63, 3.8) is 0 Å². The van der Waals surface area contributed by atoms with E-state index in [-0.39, 0.29) is 24.5 Å². The van der Waals surface area contributed by atoms with Crippen molar-refractivity contribution >= 4 is 23.8 Å². The fourth-order valence-electron chi connectivity index (χ4n) is 6.83. The zero-order valence-electron chi connectivity index (χ0n) is 24.9. The maximum Gasteiger partial charge on any atom is 0.329 e. The second-order valence-corrected chi connectivity index (χ2v) is 11.1. The first-order valence-corrected chi connectivity index (χ1v) is 14.3. The number of rotatable bonds is 7. The van der Waals surface area contributed by atoms with Gasteiger partial charge in [-0.15, -0.1) is 0 Å². The highest BCUT2D eigenvalue weighted by atomic mass is 16.7. The Hall–Kier alpha value is -5.26. The lowest BCUT2D eigenvalue weighted by Gasteiger charge is -2.39. The number of fused-ring (bicyclic) bond motifs is 4. The fourth-order valence-corrected chi connectivity index (χ4v) is 6.83. The summed E-state index contributed by atoms with van der Waals surface area (Å²) in [6, 6.07) is 12.2. The standard InChI is InChI=1S/C33H29NO11/c1-15(34-30(35)17-7-5-6-8-18(17)31(34)36)32(37)45-28-20-12-23-22(43-14-44-23)11-19(20)26(27-21(28)13-42-33(27)38)16-9-24(39-2)29(41-4)25(10-16)40-3/h5-12,15,21,26-28H,13-14H2,1-4H3/t15-,21-,26?,27-,28-/m0/s1. The van der Waals surface area contributed by atoms with Crippen molar-refractivity contribution in [1.82, 2.24) is 4.90 Å². The Morgan fingerprint density at radius 1 is 0.844 bits per heavy atom. The molecule has 0 radical (unpaired) electrons. The van der Waals surface area contributed by atoms with Crippen LogP contribution in [-0.2, 0) is 19.1 Å². The molecule has 3 aromatic rings. The van der Waals surface area contributed by atoms with Crippen molar-refractivity contribution in [2.24, 2.45) is 11.8 Å². The molecular weight excluding hydrogens is 586 g/mol. The Kier molecular flexibility index (Phi) is 6.79. The van der Waals surface area contributed by atoms with Crippen LogP contribution in [0.4, 0.5) is 0 Å². The van der Waals surface area contributed by atoms with Crippen LogP contribution in [0.15, 0.2) is 48.5 Å². The van der Waals surface area contributed by atoms with Gasteiger partial charge in [-0.3, -0.25) is 19.3 Å². The van der Waals surface area contributed by atoms with Gasteiger partial charge >= 0.3 is 11.9 Å². The topological polar surface area (TPSA) is 136 Å². The molecule has 12 heteroatoms. The molecular formula is C33H29NO11. The molecule has 3 aliphatic heterocycles. The molecule has 7 rings (SSSR count). The lowest BCUT2D eigenvalue weighted by molar-refractivity contribution is -0.158. The lowest BCUT2D eigenvalue weighted by atomic mass is 9.66. The second-order valence-electron chi connectivity index (χ2n) is 11.1. The summed E-state index contributed by atoms with van der Waals surface area (Å²) in [5, 5.41) is 0. The van der Waals surface area contributed by atoms with E-state index in [1.165, 1.54) is 28.3 Å². The summed E-state index contributed by atoms with van der Waals surface area (Å²) in [7, 11) is 4.51. The number of ether oxygens (including phenoxy) is 7. The van der Waals surface area contributed by atoms with Gasteiger partial charge in [0.2, 0.25) is 12.5 Å². The molecule has 0 bridgehead atoms. The Morgan fingerprint density at radius 3 is 2.02 bits per heavy atom. The van der Waals surface area contributed by atoms with Gasteiger partial charge in [-0.2, -0.15) is 0 Å². The van der Waals surface area contributed by atoms with Gasteiger partial charge in [-0.25, -0.2) is 4.79 Å². The van der Waals surface area contributed by atoms with Crippen LogP contribution < -0.4 is 23.7 Å². The normalized spacial score (nSPS) is 23.1. The zero-order valence-corrected chi connectivity index (χ0v) is 24.9. The molecule has 0 saturated carbocycles. The van der Waals surface area contributed by atoms with Gasteiger partial charge in [0.05, 0.1) is 45.0 Å². The highest BCUT2D eigenvalue weighted by Crippen LogP contribution is 2.56. The first-order valence-electron chi connectivity index (χ1n) is 14.3. The van der Waals surface area contributed by atoms with Crippen molar-refractivity contribution < 1.29 is 52.3 Å². The van der Waals surface area contributed by atoms with Crippen LogP contribution in [0.1, 0.15) is 56.4 Å². The van der Waals surface area contributed by atoms with E-state index in [0.29, 0.717) is 45.4 Å². The first kappa shape index (κ1) is 28.5. The van der Waals surface area contributed by atoms with Gasteiger partial charge in [0.15, 0.2) is 23.0 Å². The number of imide groups is 1. The number of carbonyl (C=O) groups excluding carboxylic acids is 4. The molecule has 1 saturated heterocycles. The largest absolute Gasteiger partial charge is 0.493 e. The minimum absolute atomic E-state index is 0.00318. The van der Waals surface area contributed by atoms with Gasteiger partial charge in [0.1, 0.15) is 12.1 Å². The molecule has 1 aliphatic carbocycles. The number of methoxy groups -OCH3 is 3. The molecule has 232 valence electrons. The average Bonchev–Trinajstić information content (AvgIpc) is 3.75. The van der Waals surface area contributed by atoms with Crippen LogP contribution >= 0.6 is 0 Å². The van der Waals surface area contributed by atoms with E-state index in [1.54, 1.807) is 48.5 Å². The molecule has 2 amide bonds. The van der Waals surface area contributed by atoms with E-state index in [2.05, 4.69) is 0 Å². The third-order valence-corrected chi connectivity index (χ3v) is 8.96. The van der Waals surface area contributed by atoms with Gasteiger partial charge < -0.3 is 33.2 Å². The van der Waals surface area contributed by atoms with E-state index in [0.717, 1.165) is 4.90 Å². The van der Waals surface area contributed by atoms with Crippen molar-refractivity contribution in [3.8, 4) is 28.7 Å². The number of nitrogens with zero attached hydrogens (tertiary/aromatic N) is 1. The Bertz CT molecular complexity index is 1710. The molecule has 1 unspecified atom stereocenters. The van der Waals surface area contributed by atoms with Crippen molar-refractivity contribution in [2.45, 2.75) is 25.0 Å². The van der Waals surface area contributed by atoms with E-state index in [1.807, 2.05) is 0 Å². The lowest BCUT2D eigenvalue weighted by Crippen LogP contribution is -2.45. The zero-order chi connectivity index (χ0) is 31.6. The minimum atomic E-state index is -1.24. The molecule has 0 N–H and O–H groups in total. The summed E-state index contributed by atoms with van der Waals surface area (Å²) >= 11 is 0. The first-order chi connectivity index (χ1) is 21.8. The maximum absolute atomic E-state index is 13.7. The van der Waals surface area contributed by atoms with Crippen LogP contribution in [0, 0.1) is 11.8 Å². The number of amides is 2. The average molecular weight is 616 g/mol. The van der Waals surface area contributed by atoms with Crippen molar-refractivity contribution in [3.05, 3.63) is 76.3 Å². The van der Waals surface area contributed by atoms with Crippen LogP contribution in [0.25, 0.3) is 0 Å². The van der Waals surface area contributed by atoms with Gasteiger partial charge in [0, 0.05) is 17.4 Å². The van der Waals surface area contributed by atoms with Crippen LogP contribution in [0.3, 0.4) is 0 Å². The smallest absolute Gasteiger partial charge is 0.329 e. The molecule has 3 aromatic carbocycles. The van der Waals surface area contributed by atoms with Crippen LogP contribution in [0.2, 0.25) is 0 Å². The Morgan fingerprint density at radius 2 is 1.44 bits per heavy atom. The Balaban J connectivity index is 1.31. The van der Waals surface area contributed by atoms with E-state index in [9.17, 15) is 19.2 Å². The van der Waals surface area contributed by atoms with E-state index in [4.69, 9.17) is 33.2 Å². The molecule has 3 heterocycles. The highest BCUT2D eigenvalue weighted by molar-refractivity contribution is 6.22. The quantitative estimate of drug-likeness (QED) is 0.285. The summed E-state index contributed by atoms with van der Waals surface area (Å²) in [4.78, 5) is 54.3. The van der Waals surface area contributed by atoms with Crippen LogP contribution in [-0.4, -0.2) is 69.4 Å². The number of esters is 2. The highest BCUT2D eigenvalue weighted by Gasteiger charge is 2.55. The Labute approximate surface area is 257 Å². The maximum atomic E-state index is 13.7. The number of hydrogen-bond donors (Lipinski definition) is 0. The summed E-state index contributed by atoms with van der Waals surface area (Å²) in [5.41, 5.74) is 2.37. The molecule has 45 heavy (non-hydrogen) atoms. The minimum Gasteiger partial charge on any atom is -0.493 e. The van der Waals surface area contributed by atoms with E-state index >= 15 is 0 Å². The predicted molar refractivity (Wildman–Crippen MR) is 154 cm³/mol. The predicted octanol–water partition coefficient (Wildman–Crippen LogP) is 3.64. The number of benzene rings is 3. The van der Waals surface area contributed by atoms with Gasteiger partial charge in [0.25, 0.3) is 11.8 Å². The summed E-state index contributed by atoms with van der Waals surface area (Å²) in [5.74, 6) is -2.24. The second kappa shape index (κ2) is 10.7. The summed E-state index contributed by atoms with van der Waals surface area (Å²) in [6.07, 6.45) is -0.964. The fraction of sp³-hybridized carbons (Fsp3) is 0.333. The SMILES string of the molecule is COc1cc(C2c3cc4c(cc3[C@H](OC(=O)[C@H](C)N3C(=O)c5ccccc5C3=O)[C@H]3COC(=O)[C@H]23)OCO4)cc(OC)c1OC. The molecule has 12 nitrogen and oxygen atoms in total. The van der Waals surface area contributed by atoms with Crippen LogP contribution in [0.5, 0.6) is 28.7 Å². The third kappa shape index (κ3) is 4.26. The molecule has 0 spiro atoms. The third-order valence-electron chi connectivity index (χ3n) is 8.96. The number of carbonyl (C=O) groups is 4. The molecule has 1 fully saturated rings. The monoisotopic (exact) mass is 615 g/mol. The van der Waals surface area contributed by atoms with Crippen molar-refractivity contribution in [2.75, 3.05) is 34.7 Å². The molecule has 4 aliphatic rings. The van der Waals surface area contributed by atoms with Gasteiger partial charge in [-0.05, 0) is 54.4 Å². The van der Waals surface area contributed by atoms with E-state index < -0.39 is 53.7 Å². The summed E-state index contributed by atoms with van der Waals surface area (Å²) < 4.78 is 39.8. The van der Waals surface area contributed by atoms with Crippen molar-refractivity contribution in [1.29, 1.82) is 0 Å². The molecule has 0 aromatic heterocycles. The summed E-state index contributed by atoms with van der Waals surface area (Å²) in [6.45, 7) is 1.43.